The SMILES string of the molecule is Cc1ccc(OCC(=O)N2C[C@@H](C)O[C@@H](C)C2)cc1C. The number of carbonyl (C=O) groups is 1. The molecule has 20 heavy (non-hydrogen) atoms. The van der Waals surface area contributed by atoms with E-state index in [1.165, 1.54) is 11.1 Å². The van der Waals surface area contributed by atoms with Crippen LogP contribution in [-0.4, -0.2) is 42.7 Å². The van der Waals surface area contributed by atoms with Crippen LogP contribution in [0.5, 0.6) is 5.75 Å². The molecule has 0 bridgehead atoms. The molecule has 1 fully saturated rings. The van der Waals surface area contributed by atoms with Crippen molar-refractivity contribution in [1.82, 2.24) is 4.90 Å². The fourth-order valence-electron chi connectivity index (χ4n) is 2.42. The van der Waals surface area contributed by atoms with E-state index in [0.29, 0.717) is 13.1 Å². The van der Waals surface area contributed by atoms with Crippen LogP contribution >= 0.6 is 0 Å². The second kappa shape index (κ2) is 6.27. The highest BCUT2D eigenvalue weighted by atomic mass is 16.5. The molecule has 2 rings (SSSR count). The number of rotatable bonds is 3. The van der Waals surface area contributed by atoms with Crippen molar-refractivity contribution in [2.75, 3.05) is 19.7 Å². The Morgan fingerprint density at radius 2 is 1.90 bits per heavy atom. The monoisotopic (exact) mass is 277 g/mol. The highest BCUT2D eigenvalue weighted by Crippen LogP contribution is 2.17. The normalized spacial score (nSPS) is 22.7. The first-order valence-corrected chi connectivity index (χ1v) is 7.09. The van der Waals surface area contributed by atoms with Crippen LogP contribution in [0.25, 0.3) is 0 Å². The van der Waals surface area contributed by atoms with Gasteiger partial charge in [-0.1, -0.05) is 6.07 Å². The van der Waals surface area contributed by atoms with E-state index in [4.69, 9.17) is 9.47 Å². The Morgan fingerprint density at radius 3 is 2.50 bits per heavy atom. The van der Waals surface area contributed by atoms with Gasteiger partial charge in [0.2, 0.25) is 0 Å². The average Bonchev–Trinajstić information content (AvgIpc) is 2.38. The Bertz CT molecular complexity index is 477. The summed E-state index contributed by atoms with van der Waals surface area (Å²) in [5.74, 6) is 0.765. The second-order valence-electron chi connectivity index (χ2n) is 5.59. The molecular formula is C16H23NO3. The molecule has 110 valence electrons. The van der Waals surface area contributed by atoms with Gasteiger partial charge in [-0.05, 0) is 51.0 Å². The van der Waals surface area contributed by atoms with E-state index in [9.17, 15) is 4.79 Å². The van der Waals surface area contributed by atoms with Crippen LogP contribution in [0.3, 0.4) is 0 Å². The fourth-order valence-corrected chi connectivity index (χ4v) is 2.42. The predicted octanol–water partition coefficient (Wildman–Crippen LogP) is 2.32. The molecule has 1 aromatic rings. The highest BCUT2D eigenvalue weighted by Gasteiger charge is 2.25. The number of hydrogen-bond donors (Lipinski definition) is 0. The lowest BCUT2D eigenvalue weighted by Crippen LogP contribution is -2.49. The number of amides is 1. The Kier molecular flexibility index (Phi) is 4.65. The van der Waals surface area contributed by atoms with E-state index in [2.05, 4.69) is 6.92 Å². The van der Waals surface area contributed by atoms with Gasteiger partial charge in [-0.2, -0.15) is 0 Å². The molecular weight excluding hydrogens is 254 g/mol. The Labute approximate surface area is 120 Å². The molecule has 0 spiro atoms. The maximum atomic E-state index is 12.2. The molecule has 1 aromatic carbocycles. The van der Waals surface area contributed by atoms with Crippen molar-refractivity contribution in [3.63, 3.8) is 0 Å². The highest BCUT2D eigenvalue weighted by molar-refractivity contribution is 5.78. The number of benzene rings is 1. The minimum atomic E-state index is 0.0187. The van der Waals surface area contributed by atoms with Gasteiger partial charge < -0.3 is 14.4 Å². The summed E-state index contributed by atoms with van der Waals surface area (Å²) in [6.07, 6.45) is 0.175. The Hall–Kier alpha value is -1.55. The van der Waals surface area contributed by atoms with Gasteiger partial charge in [-0.15, -0.1) is 0 Å². The lowest BCUT2D eigenvalue weighted by molar-refractivity contribution is -0.145. The number of nitrogens with zero attached hydrogens (tertiary/aromatic N) is 1. The third kappa shape index (κ3) is 3.73. The lowest BCUT2D eigenvalue weighted by Gasteiger charge is -2.35. The van der Waals surface area contributed by atoms with Crippen LogP contribution in [0.4, 0.5) is 0 Å². The quantitative estimate of drug-likeness (QED) is 0.851. The van der Waals surface area contributed by atoms with Crippen molar-refractivity contribution in [2.45, 2.75) is 39.9 Å². The van der Waals surface area contributed by atoms with Gasteiger partial charge in [0.1, 0.15) is 5.75 Å². The van der Waals surface area contributed by atoms with Crippen LogP contribution in [-0.2, 0) is 9.53 Å². The molecule has 1 amide bonds. The summed E-state index contributed by atoms with van der Waals surface area (Å²) in [4.78, 5) is 14.0. The topological polar surface area (TPSA) is 38.8 Å². The van der Waals surface area contributed by atoms with Crippen molar-refractivity contribution in [2.24, 2.45) is 0 Å². The van der Waals surface area contributed by atoms with E-state index >= 15 is 0 Å². The van der Waals surface area contributed by atoms with E-state index < -0.39 is 0 Å². The minimum absolute atomic E-state index is 0.0187. The Morgan fingerprint density at radius 1 is 1.25 bits per heavy atom. The molecule has 1 aliphatic rings. The van der Waals surface area contributed by atoms with E-state index in [-0.39, 0.29) is 24.7 Å². The molecule has 1 heterocycles. The summed E-state index contributed by atoms with van der Waals surface area (Å²) in [5.41, 5.74) is 2.39. The molecule has 1 saturated heterocycles. The number of ether oxygens (including phenoxy) is 2. The molecule has 1 aliphatic heterocycles. The van der Waals surface area contributed by atoms with Crippen LogP contribution in [0.2, 0.25) is 0 Å². The molecule has 4 nitrogen and oxygen atoms in total. The first-order valence-electron chi connectivity index (χ1n) is 7.09. The van der Waals surface area contributed by atoms with E-state index in [1.54, 1.807) is 0 Å². The molecule has 0 radical (unpaired) electrons. The summed E-state index contributed by atoms with van der Waals surface area (Å²) in [7, 11) is 0. The first kappa shape index (κ1) is 14.9. The van der Waals surface area contributed by atoms with Crippen LogP contribution in [0.1, 0.15) is 25.0 Å². The van der Waals surface area contributed by atoms with Crippen molar-refractivity contribution in [1.29, 1.82) is 0 Å². The average molecular weight is 277 g/mol. The molecule has 0 aromatic heterocycles. The smallest absolute Gasteiger partial charge is 0.260 e. The number of carbonyl (C=O) groups excluding carboxylic acids is 1. The van der Waals surface area contributed by atoms with Gasteiger partial charge in [0, 0.05) is 13.1 Å². The van der Waals surface area contributed by atoms with Crippen LogP contribution < -0.4 is 4.74 Å². The van der Waals surface area contributed by atoms with Gasteiger partial charge >= 0.3 is 0 Å². The second-order valence-corrected chi connectivity index (χ2v) is 5.59. The van der Waals surface area contributed by atoms with Crippen molar-refractivity contribution >= 4 is 5.91 Å². The summed E-state index contributed by atoms with van der Waals surface area (Å²) < 4.78 is 11.2. The number of morpholine rings is 1. The predicted molar refractivity (Wildman–Crippen MR) is 78.0 cm³/mol. The van der Waals surface area contributed by atoms with Gasteiger partial charge in [0.05, 0.1) is 12.2 Å². The van der Waals surface area contributed by atoms with Gasteiger partial charge in [0.25, 0.3) is 5.91 Å². The molecule has 0 saturated carbocycles. The lowest BCUT2D eigenvalue weighted by atomic mass is 10.1. The number of hydrogen-bond acceptors (Lipinski definition) is 3. The van der Waals surface area contributed by atoms with Gasteiger partial charge in [-0.3, -0.25) is 4.79 Å². The van der Waals surface area contributed by atoms with Gasteiger partial charge in [-0.25, -0.2) is 0 Å². The van der Waals surface area contributed by atoms with E-state index in [1.807, 2.05) is 43.9 Å². The van der Waals surface area contributed by atoms with Crippen LogP contribution in [0, 0.1) is 13.8 Å². The molecule has 0 N–H and O–H groups in total. The van der Waals surface area contributed by atoms with E-state index in [0.717, 1.165) is 5.75 Å². The summed E-state index contributed by atoms with van der Waals surface area (Å²) >= 11 is 0. The van der Waals surface area contributed by atoms with Crippen molar-refractivity contribution in [3.8, 4) is 5.75 Å². The summed E-state index contributed by atoms with van der Waals surface area (Å²) in [6.45, 7) is 9.43. The zero-order valence-corrected chi connectivity index (χ0v) is 12.7. The molecule has 0 aliphatic carbocycles. The summed E-state index contributed by atoms with van der Waals surface area (Å²) in [6, 6.07) is 5.88. The fraction of sp³-hybridized carbons (Fsp3) is 0.562. The Balaban J connectivity index is 1.89. The summed E-state index contributed by atoms with van der Waals surface area (Å²) in [5, 5.41) is 0. The minimum Gasteiger partial charge on any atom is -0.484 e. The number of aryl methyl sites for hydroxylation is 2. The van der Waals surface area contributed by atoms with Crippen molar-refractivity contribution < 1.29 is 14.3 Å². The largest absolute Gasteiger partial charge is 0.484 e. The third-order valence-electron chi connectivity index (χ3n) is 3.61. The van der Waals surface area contributed by atoms with Gasteiger partial charge in [0.15, 0.2) is 6.61 Å². The molecule has 0 unspecified atom stereocenters. The zero-order valence-electron chi connectivity index (χ0n) is 12.7. The standard InChI is InChI=1S/C16H23NO3/c1-11-5-6-15(7-12(11)2)19-10-16(18)17-8-13(3)20-14(4)9-17/h5-7,13-14H,8-10H2,1-4H3/t13-,14+. The maximum absolute atomic E-state index is 12.2. The molecule has 2 atom stereocenters. The maximum Gasteiger partial charge on any atom is 0.260 e. The van der Waals surface area contributed by atoms with Crippen molar-refractivity contribution in [3.05, 3.63) is 29.3 Å². The molecule has 4 heteroatoms. The third-order valence-corrected chi connectivity index (χ3v) is 3.61. The zero-order chi connectivity index (χ0) is 14.7. The first-order chi connectivity index (χ1) is 9.45. The van der Waals surface area contributed by atoms with Crippen LogP contribution in [0.15, 0.2) is 18.2 Å².